The lowest BCUT2D eigenvalue weighted by molar-refractivity contribution is -0.122. The average molecular weight is 314 g/mol. The van der Waals surface area contributed by atoms with E-state index in [-0.39, 0.29) is 12.3 Å². The van der Waals surface area contributed by atoms with Crippen molar-refractivity contribution < 1.29 is 9.90 Å². The summed E-state index contributed by atoms with van der Waals surface area (Å²) < 4.78 is 1.82. The van der Waals surface area contributed by atoms with E-state index in [1.165, 1.54) is 0 Å². The molecule has 122 valence electrons. The number of anilines is 1. The van der Waals surface area contributed by atoms with Gasteiger partial charge in [-0.2, -0.15) is 0 Å². The minimum Gasteiger partial charge on any atom is -0.389 e. The number of hydrogen-bond acceptors (Lipinski definition) is 4. The lowest BCUT2D eigenvalue weighted by Gasteiger charge is -2.31. The molecule has 2 heterocycles. The zero-order valence-corrected chi connectivity index (χ0v) is 13.3. The third-order valence-corrected chi connectivity index (χ3v) is 4.39. The first-order chi connectivity index (χ1) is 11.1. The number of pyridine rings is 1. The summed E-state index contributed by atoms with van der Waals surface area (Å²) >= 11 is 0. The Bertz CT molecular complexity index is 689. The molecule has 3 rings (SSSR count). The zero-order valence-electron chi connectivity index (χ0n) is 13.3. The number of nitrogens with zero attached hydrogens (tertiary/aromatic N) is 3. The maximum atomic E-state index is 12.4. The van der Waals surface area contributed by atoms with E-state index in [1.807, 2.05) is 23.8 Å². The third kappa shape index (κ3) is 3.59. The van der Waals surface area contributed by atoms with Crippen LogP contribution in [0.15, 0.2) is 30.7 Å². The smallest absolute Gasteiger partial charge is 0.227 e. The van der Waals surface area contributed by atoms with Crippen molar-refractivity contribution in [3.05, 3.63) is 36.5 Å². The molecule has 23 heavy (non-hydrogen) atoms. The fourth-order valence-corrected chi connectivity index (χ4v) is 3.17. The number of aromatic nitrogens is 3. The van der Waals surface area contributed by atoms with Crippen molar-refractivity contribution in [1.29, 1.82) is 0 Å². The largest absolute Gasteiger partial charge is 0.389 e. The summed E-state index contributed by atoms with van der Waals surface area (Å²) in [5.74, 6) is 1.25. The summed E-state index contributed by atoms with van der Waals surface area (Å²) in [4.78, 5) is 20.9. The molecule has 0 spiro atoms. The lowest BCUT2D eigenvalue weighted by Crippen LogP contribution is -2.36. The van der Waals surface area contributed by atoms with Crippen molar-refractivity contribution in [2.24, 2.45) is 0 Å². The maximum Gasteiger partial charge on any atom is 0.227 e. The van der Waals surface area contributed by atoms with Crippen LogP contribution < -0.4 is 5.32 Å². The van der Waals surface area contributed by atoms with Gasteiger partial charge in [-0.1, -0.05) is 19.3 Å². The van der Waals surface area contributed by atoms with Crippen molar-refractivity contribution in [3.63, 3.8) is 0 Å². The predicted octanol–water partition coefficient (Wildman–Crippen LogP) is 2.60. The van der Waals surface area contributed by atoms with Crippen LogP contribution in [-0.4, -0.2) is 31.1 Å². The molecule has 0 aliphatic heterocycles. The SMILES string of the molecule is Cc1nccn1-c1ncccc1NC(=O)CC1(O)CCCCC1. The summed E-state index contributed by atoms with van der Waals surface area (Å²) in [6.45, 7) is 1.88. The van der Waals surface area contributed by atoms with Crippen LogP contribution in [-0.2, 0) is 4.79 Å². The van der Waals surface area contributed by atoms with Crippen LogP contribution in [0.1, 0.15) is 44.3 Å². The molecule has 0 atom stereocenters. The number of nitrogens with one attached hydrogen (secondary N) is 1. The lowest BCUT2D eigenvalue weighted by atomic mass is 9.82. The molecule has 2 aromatic heterocycles. The van der Waals surface area contributed by atoms with E-state index in [1.54, 1.807) is 18.5 Å². The molecule has 0 bridgehead atoms. The van der Waals surface area contributed by atoms with Gasteiger partial charge in [0.05, 0.1) is 17.7 Å². The van der Waals surface area contributed by atoms with Crippen molar-refractivity contribution in [3.8, 4) is 5.82 Å². The van der Waals surface area contributed by atoms with E-state index >= 15 is 0 Å². The molecule has 6 nitrogen and oxygen atoms in total. The zero-order chi connectivity index (χ0) is 16.3. The molecule has 0 unspecified atom stereocenters. The second-order valence-corrected chi connectivity index (χ2v) is 6.23. The van der Waals surface area contributed by atoms with Crippen LogP contribution in [0.5, 0.6) is 0 Å². The van der Waals surface area contributed by atoms with Crippen molar-refractivity contribution in [1.82, 2.24) is 14.5 Å². The normalized spacial score (nSPS) is 17.0. The molecule has 1 saturated carbocycles. The Morgan fingerprint density at radius 1 is 1.30 bits per heavy atom. The van der Waals surface area contributed by atoms with Crippen LogP contribution in [0.4, 0.5) is 5.69 Å². The van der Waals surface area contributed by atoms with E-state index in [4.69, 9.17) is 0 Å². The summed E-state index contributed by atoms with van der Waals surface area (Å²) in [6.07, 6.45) is 9.80. The highest BCUT2D eigenvalue weighted by molar-refractivity contribution is 5.93. The minimum absolute atomic E-state index is 0.129. The number of hydrogen-bond donors (Lipinski definition) is 2. The molecule has 1 amide bonds. The van der Waals surface area contributed by atoms with E-state index in [0.717, 1.165) is 25.1 Å². The quantitative estimate of drug-likeness (QED) is 0.909. The first-order valence-electron chi connectivity index (χ1n) is 8.05. The van der Waals surface area contributed by atoms with Gasteiger partial charge in [0.2, 0.25) is 5.91 Å². The van der Waals surface area contributed by atoms with Gasteiger partial charge in [-0.05, 0) is 31.9 Å². The Kier molecular flexibility index (Phi) is 4.43. The number of amides is 1. The summed E-state index contributed by atoms with van der Waals surface area (Å²) in [5, 5.41) is 13.4. The first-order valence-corrected chi connectivity index (χ1v) is 8.05. The van der Waals surface area contributed by atoms with Crippen LogP contribution in [0.2, 0.25) is 0 Å². The number of rotatable bonds is 4. The Morgan fingerprint density at radius 3 is 2.78 bits per heavy atom. The van der Waals surface area contributed by atoms with Gasteiger partial charge >= 0.3 is 0 Å². The van der Waals surface area contributed by atoms with Gasteiger partial charge in [0, 0.05) is 18.6 Å². The number of aliphatic hydroxyl groups is 1. The van der Waals surface area contributed by atoms with E-state index in [9.17, 15) is 9.90 Å². The molecule has 1 aliphatic rings. The fraction of sp³-hybridized carbons (Fsp3) is 0.471. The van der Waals surface area contributed by atoms with Gasteiger partial charge in [0.25, 0.3) is 0 Å². The average Bonchev–Trinajstić information content (AvgIpc) is 2.94. The molecular weight excluding hydrogens is 292 g/mol. The second-order valence-electron chi connectivity index (χ2n) is 6.23. The predicted molar refractivity (Wildman–Crippen MR) is 87.4 cm³/mol. The van der Waals surface area contributed by atoms with Gasteiger partial charge < -0.3 is 10.4 Å². The molecule has 0 saturated heterocycles. The van der Waals surface area contributed by atoms with Gasteiger partial charge in [-0.25, -0.2) is 9.97 Å². The fourth-order valence-electron chi connectivity index (χ4n) is 3.17. The highest BCUT2D eigenvalue weighted by Gasteiger charge is 2.31. The summed E-state index contributed by atoms with van der Waals surface area (Å²) in [7, 11) is 0. The number of imidazole rings is 1. The van der Waals surface area contributed by atoms with E-state index in [0.29, 0.717) is 24.3 Å². The molecule has 0 aromatic carbocycles. The van der Waals surface area contributed by atoms with Crippen LogP contribution in [0.25, 0.3) is 5.82 Å². The summed E-state index contributed by atoms with van der Waals surface area (Å²) in [6, 6.07) is 3.59. The highest BCUT2D eigenvalue weighted by Crippen LogP contribution is 2.31. The molecule has 2 N–H and O–H groups in total. The van der Waals surface area contributed by atoms with Crippen molar-refractivity contribution in [2.75, 3.05) is 5.32 Å². The van der Waals surface area contributed by atoms with Crippen molar-refractivity contribution >= 4 is 11.6 Å². The molecular formula is C17H22N4O2. The highest BCUT2D eigenvalue weighted by atomic mass is 16.3. The molecule has 0 radical (unpaired) electrons. The van der Waals surface area contributed by atoms with Crippen LogP contribution in [0.3, 0.4) is 0 Å². The van der Waals surface area contributed by atoms with Gasteiger partial charge in [0.1, 0.15) is 5.82 Å². The van der Waals surface area contributed by atoms with E-state index in [2.05, 4.69) is 15.3 Å². The Labute approximate surface area is 135 Å². The van der Waals surface area contributed by atoms with Gasteiger partial charge in [0.15, 0.2) is 5.82 Å². The standard InChI is InChI=1S/C17H22N4O2/c1-13-18-10-11-21(13)16-14(6-5-9-19-16)20-15(22)12-17(23)7-3-2-4-8-17/h5-6,9-11,23H,2-4,7-8,12H2,1H3,(H,20,22). The van der Waals surface area contributed by atoms with Gasteiger partial charge in [-0.3, -0.25) is 9.36 Å². The molecule has 6 heteroatoms. The number of aryl methyl sites for hydroxylation is 1. The Morgan fingerprint density at radius 2 is 2.09 bits per heavy atom. The molecule has 1 aliphatic carbocycles. The molecule has 2 aromatic rings. The Balaban J connectivity index is 1.75. The van der Waals surface area contributed by atoms with Crippen LogP contribution >= 0.6 is 0 Å². The Hall–Kier alpha value is -2.21. The molecule has 1 fully saturated rings. The monoisotopic (exact) mass is 314 g/mol. The topological polar surface area (TPSA) is 80.0 Å². The van der Waals surface area contributed by atoms with Crippen molar-refractivity contribution in [2.45, 2.75) is 51.0 Å². The number of carbonyl (C=O) groups excluding carboxylic acids is 1. The van der Waals surface area contributed by atoms with Crippen LogP contribution in [0, 0.1) is 6.92 Å². The third-order valence-electron chi connectivity index (χ3n) is 4.39. The van der Waals surface area contributed by atoms with E-state index < -0.39 is 5.60 Å². The second kappa shape index (κ2) is 6.50. The first kappa shape index (κ1) is 15.7. The number of carbonyl (C=O) groups is 1. The minimum atomic E-state index is -0.865. The van der Waals surface area contributed by atoms with Gasteiger partial charge in [-0.15, -0.1) is 0 Å². The maximum absolute atomic E-state index is 12.4. The summed E-state index contributed by atoms with van der Waals surface area (Å²) in [5.41, 5.74) is -0.242.